The second kappa shape index (κ2) is 9.67. The third-order valence-corrected chi connectivity index (χ3v) is 7.75. The summed E-state index contributed by atoms with van der Waals surface area (Å²) in [6.45, 7) is 3.03. The fourth-order valence-corrected chi connectivity index (χ4v) is 5.78. The van der Waals surface area contributed by atoms with Gasteiger partial charge in [-0.25, -0.2) is 8.42 Å². The quantitative estimate of drug-likeness (QED) is 0.538. The van der Waals surface area contributed by atoms with E-state index in [9.17, 15) is 13.2 Å². The van der Waals surface area contributed by atoms with Crippen molar-refractivity contribution in [2.75, 3.05) is 6.54 Å². The fourth-order valence-electron chi connectivity index (χ4n) is 4.04. The Balaban J connectivity index is 1.62. The minimum absolute atomic E-state index is 0.0471. The Morgan fingerprint density at radius 2 is 2.03 bits per heavy atom. The van der Waals surface area contributed by atoms with Crippen LogP contribution < -0.4 is 0 Å². The monoisotopic (exact) mass is 453 g/mol. The van der Waals surface area contributed by atoms with Gasteiger partial charge < -0.3 is 9.32 Å². The highest BCUT2D eigenvalue weighted by Crippen LogP contribution is 2.26. The molecular weight excluding hydrogens is 426 g/mol. The predicted octanol–water partition coefficient (Wildman–Crippen LogP) is 4.08. The SMILES string of the molecule is CC1CCCCN1S(=O)(=O)c1cccc(C(=O)N(Cc2cccnc2)Cc2ccco2)c1. The molecule has 4 rings (SSSR count). The van der Waals surface area contributed by atoms with E-state index >= 15 is 0 Å². The maximum Gasteiger partial charge on any atom is 0.254 e. The minimum Gasteiger partial charge on any atom is -0.467 e. The van der Waals surface area contributed by atoms with Gasteiger partial charge in [0, 0.05) is 37.1 Å². The summed E-state index contributed by atoms with van der Waals surface area (Å²) in [6, 6.07) is 13.6. The molecule has 0 N–H and O–H groups in total. The lowest BCUT2D eigenvalue weighted by molar-refractivity contribution is 0.0717. The Hall–Kier alpha value is -2.97. The number of furan rings is 1. The summed E-state index contributed by atoms with van der Waals surface area (Å²) in [6.07, 6.45) is 7.68. The minimum atomic E-state index is -3.67. The van der Waals surface area contributed by atoms with Crippen LogP contribution in [-0.2, 0) is 23.1 Å². The Morgan fingerprint density at radius 1 is 1.16 bits per heavy atom. The van der Waals surface area contributed by atoms with Crippen LogP contribution >= 0.6 is 0 Å². The van der Waals surface area contributed by atoms with E-state index < -0.39 is 10.0 Å². The fraction of sp³-hybridized carbons (Fsp3) is 0.333. The number of carbonyl (C=O) groups excluding carboxylic acids is 1. The Morgan fingerprint density at radius 3 is 2.75 bits per heavy atom. The van der Waals surface area contributed by atoms with Gasteiger partial charge in [0.2, 0.25) is 10.0 Å². The average molecular weight is 454 g/mol. The predicted molar refractivity (Wildman–Crippen MR) is 120 cm³/mol. The maximum atomic E-state index is 13.5. The van der Waals surface area contributed by atoms with Crippen LogP contribution in [0.15, 0.2) is 76.5 Å². The molecule has 0 radical (unpaired) electrons. The average Bonchev–Trinajstić information content (AvgIpc) is 3.32. The van der Waals surface area contributed by atoms with Crippen molar-refractivity contribution in [3.8, 4) is 0 Å². The highest BCUT2D eigenvalue weighted by molar-refractivity contribution is 7.89. The lowest BCUT2D eigenvalue weighted by atomic mass is 10.1. The number of benzene rings is 1. The molecule has 3 aromatic rings. The molecule has 168 valence electrons. The van der Waals surface area contributed by atoms with Crippen molar-refractivity contribution >= 4 is 15.9 Å². The number of pyridine rings is 1. The molecule has 1 amide bonds. The number of sulfonamides is 1. The lowest BCUT2D eigenvalue weighted by Crippen LogP contribution is -2.42. The standard InChI is InChI=1S/C24H27N3O4S/c1-19-7-2-3-13-27(19)32(29,30)23-11-4-9-21(15-23)24(28)26(18-22-10-6-14-31-22)17-20-8-5-12-25-16-20/h4-6,8-12,14-16,19H,2-3,7,13,17-18H2,1H3. The van der Waals surface area contributed by atoms with Gasteiger partial charge in [0.15, 0.2) is 0 Å². The zero-order valence-corrected chi connectivity index (χ0v) is 18.9. The van der Waals surface area contributed by atoms with Crippen LogP contribution in [0, 0.1) is 0 Å². The van der Waals surface area contributed by atoms with Crippen molar-refractivity contribution in [1.29, 1.82) is 0 Å². The molecule has 1 aliphatic rings. The molecule has 0 aliphatic carbocycles. The molecule has 1 unspecified atom stereocenters. The van der Waals surface area contributed by atoms with E-state index in [1.807, 2.05) is 25.1 Å². The topological polar surface area (TPSA) is 83.7 Å². The molecule has 0 spiro atoms. The van der Waals surface area contributed by atoms with Crippen molar-refractivity contribution in [3.05, 3.63) is 84.1 Å². The van der Waals surface area contributed by atoms with Gasteiger partial charge in [0.25, 0.3) is 5.91 Å². The molecule has 3 heterocycles. The van der Waals surface area contributed by atoms with Crippen molar-refractivity contribution in [1.82, 2.24) is 14.2 Å². The maximum absolute atomic E-state index is 13.5. The molecule has 1 atom stereocenters. The van der Waals surface area contributed by atoms with Crippen LogP contribution in [0.1, 0.15) is 47.9 Å². The Kier molecular flexibility index (Phi) is 6.72. The van der Waals surface area contributed by atoms with Crippen LogP contribution in [0.3, 0.4) is 0 Å². The molecule has 0 saturated carbocycles. The van der Waals surface area contributed by atoms with E-state index in [1.165, 1.54) is 6.07 Å². The molecular formula is C24H27N3O4S. The molecule has 1 aromatic carbocycles. The third kappa shape index (κ3) is 4.92. The first-order chi connectivity index (χ1) is 15.4. The number of hydrogen-bond acceptors (Lipinski definition) is 5. The van der Waals surface area contributed by atoms with Gasteiger partial charge in [0.1, 0.15) is 5.76 Å². The first-order valence-corrected chi connectivity index (χ1v) is 12.2. The van der Waals surface area contributed by atoms with Crippen molar-refractivity contribution in [2.24, 2.45) is 0 Å². The summed E-state index contributed by atoms with van der Waals surface area (Å²) < 4.78 is 33.5. The van der Waals surface area contributed by atoms with Gasteiger partial charge in [-0.2, -0.15) is 4.31 Å². The highest BCUT2D eigenvalue weighted by Gasteiger charge is 2.31. The van der Waals surface area contributed by atoms with Gasteiger partial charge in [-0.3, -0.25) is 9.78 Å². The highest BCUT2D eigenvalue weighted by atomic mass is 32.2. The van der Waals surface area contributed by atoms with Gasteiger partial charge in [0.05, 0.1) is 17.7 Å². The van der Waals surface area contributed by atoms with Crippen LogP contribution in [-0.4, -0.2) is 41.1 Å². The molecule has 1 fully saturated rings. The molecule has 8 heteroatoms. The normalized spacial score (nSPS) is 17.2. The Bertz CT molecular complexity index is 1150. The van der Waals surface area contributed by atoms with Crippen LogP contribution in [0.2, 0.25) is 0 Å². The summed E-state index contributed by atoms with van der Waals surface area (Å²) in [4.78, 5) is 19.4. The summed E-state index contributed by atoms with van der Waals surface area (Å²) >= 11 is 0. The Labute approximate surface area is 188 Å². The van der Waals surface area contributed by atoms with Crippen LogP contribution in [0.25, 0.3) is 0 Å². The van der Waals surface area contributed by atoms with Crippen molar-refractivity contribution in [2.45, 2.75) is 50.2 Å². The van der Waals surface area contributed by atoms with Crippen molar-refractivity contribution in [3.63, 3.8) is 0 Å². The summed E-state index contributed by atoms with van der Waals surface area (Å²) in [5, 5.41) is 0. The van der Waals surface area contributed by atoms with E-state index in [0.717, 1.165) is 24.8 Å². The molecule has 2 aromatic heterocycles. The summed E-state index contributed by atoms with van der Waals surface area (Å²) in [5.74, 6) is 0.377. The largest absolute Gasteiger partial charge is 0.467 e. The summed E-state index contributed by atoms with van der Waals surface area (Å²) in [7, 11) is -3.67. The van der Waals surface area contributed by atoms with Gasteiger partial charge in [-0.15, -0.1) is 0 Å². The number of hydrogen-bond donors (Lipinski definition) is 0. The van der Waals surface area contributed by atoms with Gasteiger partial charge in [-0.05, 0) is 61.7 Å². The zero-order valence-electron chi connectivity index (χ0n) is 18.1. The van der Waals surface area contributed by atoms with E-state index in [-0.39, 0.29) is 23.4 Å². The number of rotatable bonds is 7. The van der Waals surface area contributed by atoms with E-state index in [2.05, 4.69) is 4.98 Å². The molecule has 7 nitrogen and oxygen atoms in total. The van der Waals surface area contributed by atoms with E-state index in [0.29, 0.717) is 24.4 Å². The second-order valence-corrected chi connectivity index (χ2v) is 9.98. The molecule has 0 bridgehead atoms. The summed E-state index contributed by atoms with van der Waals surface area (Å²) in [5.41, 5.74) is 1.20. The van der Waals surface area contributed by atoms with Crippen molar-refractivity contribution < 1.29 is 17.6 Å². The van der Waals surface area contributed by atoms with Crippen LogP contribution in [0.4, 0.5) is 0 Å². The number of aromatic nitrogens is 1. The van der Waals surface area contributed by atoms with Crippen LogP contribution in [0.5, 0.6) is 0 Å². The number of piperidine rings is 1. The molecule has 32 heavy (non-hydrogen) atoms. The van der Waals surface area contributed by atoms with Gasteiger partial charge in [-0.1, -0.05) is 18.6 Å². The molecule has 1 aliphatic heterocycles. The van der Waals surface area contributed by atoms with E-state index in [1.54, 1.807) is 52.1 Å². The molecule has 1 saturated heterocycles. The number of nitrogens with zero attached hydrogens (tertiary/aromatic N) is 3. The first-order valence-electron chi connectivity index (χ1n) is 10.8. The first kappa shape index (κ1) is 22.2. The second-order valence-electron chi connectivity index (χ2n) is 8.09. The van der Waals surface area contributed by atoms with Gasteiger partial charge >= 0.3 is 0 Å². The zero-order chi connectivity index (χ0) is 22.6. The smallest absolute Gasteiger partial charge is 0.254 e. The van der Waals surface area contributed by atoms with E-state index in [4.69, 9.17) is 4.42 Å². The third-order valence-electron chi connectivity index (χ3n) is 5.74. The number of carbonyl (C=O) groups is 1. The lowest BCUT2D eigenvalue weighted by Gasteiger charge is -2.32. The number of amides is 1.